The Labute approximate surface area is 133 Å². The number of aromatic nitrogens is 2. The second-order valence-corrected chi connectivity index (χ2v) is 6.02. The van der Waals surface area contributed by atoms with Gasteiger partial charge in [-0.25, -0.2) is 14.4 Å². The molecule has 0 bridgehead atoms. The highest BCUT2D eigenvalue weighted by molar-refractivity contribution is 5.97. The van der Waals surface area contributed by atoms with E-state index in [0.29, 0.717) is 24.6 Å². The van der Waals surface area contributed by atoms with Crippen LogP contribution in [0.25, 0.3) is 0 Å². The van der Waals surface area contributed by atoms with Crippen molar-refractivity contribution >= 4 is 11.9 Å². The second kappa shape index (κ2) is 5.61. The number of carbonyl (C=O) groups is 1. The molecule has 0 radical (unpaired) electrons. The quantitative estimate of drug-likeness (QED) is 0.873. The van der Waals surface area contributed by atoms with Crippen molar-refractivity contribution in [1.82, 2.24) is 14.9 Å². The minimum absolute atomic E-state index is 0.0859. The molecule has 2 aromatic rings. The van der Waals surface area contributed by atoms with Crippen LogP contribution in [0.4, 0.5) is 10.3 Å². The lowest BCUT2D eigenvalue weighted by molar-refractivity contribution is 0.0766. The molecule has 0 saturated carbocycles. The highest BCUT2D eigenvalue weighted by atomic mass is 19.1. The Morgan fingerprint density at radius 2 is 2.04 bits per heavy atom. The van der Waals surface area contributed by atoms with Crippen molar-refractivity contribution in [3.63, 3.8) is 0 Å². The zero-order valence-corrected chi connectivity index (χ0v) is 12.7. The van der Waals surface area contributed by atoms with Crippen LogP contribution >= 0.6 is 0 Å². The van der Waals surface area contributed by atoms with E-state index >= 15 is 0 Å². The van der Waals surface area contributed by atoms with Gasteiger partial charge in [-0.05, 0) is 30.5 Å². The second-order valence-electron chi connectivity index (χ2n) is 6.02. The third-order valence-electron chi connectivity index (χ3n) is 4.36. The van der Waals surface area contributed by atoms with Gasteiger partial charge in [-0.3, -0.25) is 4.79 Å². The molecule has 4 rings (SSSR count). The van der Waals surface area contributed by atoms with Crippen LogP contribution in [0, 0.1) is 5.82 Å². The maximum atomic E-state index is 13.3. The molecule has 1 aromatic heterocycles. The average molecular weight is 312 g/mol. The topological polar surface area (TPSA) is 49.3 Å². The summed E-state index contributed by atoms with van der Waals surface area (Å²) in [5.41, 5.74) is 2.10. The summed E-state index contributed by atoms with van der Waals surface area (Å²) < 4.78 is 13.3. The first-order valence-electron chi connectivity index (χ1n) is 7.85. The molecule has 1 amide bonds. The number of hydrogen-bond acceptors (Lipinski definition) is 4. The van der Waals surface area contributed by atoms with Crippen LogP contribution in [0.2, 0.25) is 0 Å². The van der Waals surface area contributed by atoms with Crippen molar-refractivity contribution in [3.05, 3.63) is 53.1 Å². The molecule has 118 valence electrons. The molecule has 5 nitrogen and oxygen atoms in total. The minimum atomic E-state index is -0.289. The number of amides is 1. The molecule has 1 fully saturated rings. The number of rotatable bonds is 3. The number of benzene rings is 1. The van der Waals surface area contributed by atoms with Gasteiger partial charge in [0, 0.05) is 25.8 Å². The summed E-state index contributed by atoms with van der Waals surface area (Å²) in [6.45, 7) is 2.78. The molecule has 2 aliphatic heterocycles. The van der Waals surface area contributed by atoms with Crippen LogP contribution in [0.1, 0.15) is 34.5 Å². The Bertz CT molecular complexity index is 758. The molecule has 1 saturated heterocycles. The molecule has 3 heterocycles. The summed E-state index contributed by atoms with van der Waals surface area (Å²) in [5.74, 6) is 0.335. The number of fused-ring (bicyclic) bond motifs is 1. The van der Waals surface area contributed by atoms with Gasteiger partial charge in [-0.15, -0.1) is 0 Å². The minimum Gasteiger partial charge on any atom is -0.341 e. The highest BCUT2D eigenvalue weighted by Crippen LogP contribution is 2.25. The van der Waals surface area contributed by atoms with Gasteiger partial charge >= 0.3 is 0 Å². The third kappa shape index (κ3) is 2.65. The summed E-state index contributed by atoms with van der Waals surface area (Å²) in [5, 5.41) is 0. The Kier molecular flexibility index (Phi) is 3.44. The SMILES string of the molecule is O=C1c2cnc(N3CCCC3)nc2CN1Cc1cccc(F)c1. The fraction of sp³-hybridized carbons (Fsp3) is 0.353. The maximum Gasteiger partial charge on any atom is 0.258 e. The van der Waals surface area contributed by atoms with Crippen LogP contribution in [0.15, 0.2) is 30.5 Å². The van der Waals surface area contributed by atoms with Gasteiger partial charge < -0.3 is 9.80 Å². The predicted octanol–water partition coefficient (Wildman–Crippen LogP) is 2.37. The van der Waals surface area contributed by atoms with Gasteiger partial charge in [-0.2, -0.15) is 0 Å². The van der Waals surface area contributed by atoms with E-state index in [4.69, 9.17) is 0 Å². The van der Waals surface area contributed by atoms with E-state index in [1.165, 1.54) is 12.1 Å². The molecular weight excluding hydrogens is 295 g/mol. The molecule has 0 N–H and O–H groups in total. The first-order chi connectivity index (χ1) is 11.2. The number of halogens is 1. The van der Waals surface area contributed by atoms with E-state index in [1.807, 2.05) is 6.07 Å². The monoisotopic (exact) mass is 312 g/mol. The van der Waals surface area contributed by atoms with Crippen molar-refractivity contribution in [2.75, 3.05) is 18.0 Å². The molecule has 6 heteroatoms. The standard InChI is InChI=1S/C17H17FN4O/c18-13-5-3-4-12(8-13)10-22-11-15-14(16(22)23)9-19-17(20-15)21-6-1-2-7-21/h3-5,8-9H,1-2,6-7,10-11H2. The fourth-order valence-electron chi connectivity index (χ4n) is 3.18. The van der Waals surface area contributed by atoms with E-state index in [9.17, 15) is 9.18 Å². The number of carbonyl (C=O) groups excluding carboxylic acids is 1. The number of anilines is 1. The maximum absolute atomic E-state index is 13.3. The van der Waals surface area contributed by atoms with Gasteiger partial charge in [0.15, 0.2) is 0 Å². The van der Waals surface area contributed by atoms with Gasteiger partial charge in [0.2, 0.25) is 5.95 Å². The van der Waals surface area contributed by atoms with Crippen molar-refractivity contribution in [2.24, 2.45) is 0 Å². The highest BCUT2D eigenvalue weighted by Gasteiger charge is 2.30. The molecule has 0 spiro atoms. The normalized spacial score (nSPS) is 17.0. The Morgan fingerprint density at radius 3 is 2.83 bits per heavy atom. The summed E-state index contributed by atoms with van der Waals surface area (Å²) in [6, 6.07) is 6.33. The van der Waals surface area contributed by atoms with Crippen LogP contribution in [0.5, 0.6) is 0 Å². The van der Waals surface area contributed by atoms with Gasteiger partial charge in [0.25, 0.3) is 5.91 Å². The van der Waals surface area contributed by atoms with Crippen LogP contribution in [-0.2, 0) is 13.1 Å². The molecule has 0 unspecified atom stereocenters. The molecule has 2 aliphatic rings. The van der Waals surface area contributed by atoms with Crippen LogP contribution < -0.4 is 4.90 Å². The molecule has 23 heavy (non-hydrogen) atoms. The van der Waals surface area contributed by atoms with Crippen molar-refractivity contribution in [2.45, 2.75) is 25.9 Å². The van der Waals surface area contributed by atoms with Gasteiger partial charge in [0.1, 0.15) is 5.82 Å². The van der Waals surface area contributed by atoms with Crippen molar-refractivity contribution < 1.29 is 9.18 Å². The Balaban J connectivity index is 1.55. The lowest BCUT2D eigenvalue weighted by atomic mass is 10.2. The summed E-state index contributed by atoms with van der Waals surface area (Å²) in [7, 11) is 0. The molecule has 0 aliphatic carbocycles. The largest absolute Gasteiger partial charge is 0.341 e. The van der Waals surface area contributed by atoms with Gasteiger partial charge in [0.05, 0.1) is 17.8 Å². The lowest BCUT2D eigenvalue weighted by Gasteiger charge is -2.15. The van der Waals surface area contributed by atoms with E-state index in [-0.39, 0.29) is 11.7 Å². The molecule has 0 atom stereocenters. The first kappa shape index (κ1) is 14.1. The number of nitrogens with zero attached hydrogens (tertiary/aromatic N) is 4. The average Bonchev–Trinajstić information content (AvgIpc) is 3.17. The van der Waals surface area contributed by atoms with E-state index in [1.54, 1.807) is 17.2 Å². The molecule has 1 aromatic carbocycles. The van der Waals surface area contributed by atoms with Crippen LogP contribution in [0.3, 0.4) is 0 Å². The number of hydrogen-bond donors (Lipinski definition) is 0. The zero-order valence-electron chi connectivity index (χ0n) is 12.7. The van der Waals surface area contributed by atoms with E-state index in [2.05, 4.69) is 14.9 Å². The van der Waals surface area contributed by atoms with Crippen molar-refractivity contribution in [3.8, 4) is 0 Å². The predicted molar refractivity (Wildman–Crippen MR) is 83.5 cm³/mol. The first-order valence-corrected chi connectivity index (χ1v) is 7.85. The van der Waals surface area contributed by atoms with E-state index in [0.717, 1.165) is 37.2 Å². The summed E-state index contributed by atoms with van der Waals surface area (Å²) in [6.07, 6.45) is 3.94. The van der Waals surface area contributed by atoms with Crippen molar-refractivity contribution in [1.29, 1.82) is 0 Å². The van der Waals surface area contributed by atoms with Crippen LogP contribution in [-0.4, -0.2) is 33.9 Å². The Morgan fingerprint density at radius 1 is 1.22 bits per heavy atom. The van der Waals surface area contributed by atoms with Gasteiger partial charge in [-0.1, -0.05) is 12.1 Å². The fourth-order valence-corrected chi connectivity index (χ4v) is 3.18. The zero-order chi connectivity index (χ0) is 15.8. The molecular formula is C17H17FN4O. The smallest absolute Gasteiger partial charge is 0.258 e. The third-order valence-corrected chi connectivity index (χ3v) is 4.36. The summed E-state index contributed by atoms with van der Waals surface area (Å²) in [4.78, 5) is 25.2. The van der Waals surface area contributed by atoms with E-state index < -0.39 is 0 Å². The Hall–Kier alpha value is -2.50. The lowest BCUT2D eigenvalue weighted by Crippen LogP contribution is -2.23. The summed E-state index contributed by atoms with van der Waals surface area (Å²) >= 11 is 0.